The number of hydrogen-bond donors (Lipinski definition) is 1. The Balaban J connectivity index is 0.00000192. The SMILES string of the molecule is CCNC(=NCC1(N2CCSCC2)CCCC1)N1CC2C3CCC(O3)C2C1.I. The molecule has 5 nitrogen and oxygen atoms in total. The molecule has 1 N–H and O–H groups in total. The molecule has 2 bridgehead atoms. The largest absolute Gasteiger partial charge is 0.374 e. The van der Waals surface area contributed by atoms with Crippen LogP contribution in [-0.2, 0) is 4.74 Å². The Morgan fingerprint density at radius 3 is 2.36 bits per heavy atom. The number of guanidine groups is 1. The van der Waals surface area contributed by atoms with E-state index in [1.54, 1.807) is 0 Å². The summed E-state index contributed by atoms with van der Waals surface area (Å²) in [7, 11) is 0. The highest BCUT2D eigenvalue weighted by Gasteiger charge is 2.53. The maximum atomic E-state index is 6.17. The third-order valence-corrected chi connectivity index (χ3v) is 8.77. The van der Waals surface area contributed by atoms with E-state index < -0.39 is 0 Å². The van der Waals surface area contributed by atoms with Gasteiger partial charge in [-0.25, -0.2) is 0 Å². The molecule has 0 aromatic carbocycles. The quantitative estimate of drug-likeness (QED) is 0.351. The molecule has 0 aromatic heterocycles. The van der Waals surface area contributed by atoms with E-state index in [4.69, 9.17) is 9.73 Å². The van der Waals surface area contributed by atoms with Crippen LogP contribution in [0.25, 0.3) is 0 Å². The molecule has 4 saturated heterocycles. The molecule has 28 heavy (non-hydrogen) atoms. The topological polar surface area (TPSA) is 40.1 Å². The van der Waals surface area contributed by atoms with E-state index in [0.717, 1.165) is 38.0 Å². The van der Waals surface area contributed by atoms with Crippen LogP contribution in [0.2, 0.25) is 0 Å². The van der Waals surface area contributed by atoms with E-state index >= 15 is 0 Å². The van der Waals surface area contributed by atoms with Gasteiger partial charge in [0.05, 0.1) is 18.8 Å². The van der Waals surface area contributed by atoms with Crippen LogP contribution in [-0.4, -0.2) is 84.3 Å². The van der Waals surface area contributed by atoms with Crippen molar-refractivity contribution in [3.8, 4) is 0 Å². The maximum absolute atomic E-state index is 6.17. The van der Waals surface area contributed by atoms with Gasteiger partial charge in [-0.3, -0.25) is 9.89 Å². The van der Waals surface area contributed by atoms with Crippen molar-refractivity contribution >= 4 is 41.7 Å². The predicted octanol–water partition coefficient (Wildman–Crippen LogP) is 3.04. The molecule has 0 radical (unpaired) electrons. The second kappa shape index (κ2) is 9.18. The van der Waals surface area contributed by atoms with Crippen molar-refractivity contribution in [3.05, 3.63) is 0 Å². The van der Waals surface area contributed by atoms with Crippen LogP contribution in [0.5, 0.6) is 0 Å². The molecule has 1 aliphatic carbocycles. The summed E-state index contributed by atoms with van der Waals surface area (Å²) in [6.07, 6.45) is 9.05. The Morgan fingerprint density at radius 2 is 1.75 bits per heavy atom. The number of likely N-dealkylation sites (tertiary alicyclic amines) is 1. The van der Waals surface area contributed by atoms with Crippen molar-refractivity contribution in [2.45, 2.75) is 63.2 Å². The molecular weight excluding hydrogens is 483 g/mol. The van der Waals surface area contributed by atoms with Crippen LogP contribution in [0.1, 0.15) is 45.4 Å². The van der Waals surface area contributed by atoms with E-state index in [2.05, 4.69) is 33.8 Å². The van der Waals surface area contributed by atoms with Gasteiger partial charge < -0.3 is 15.0 Å². The van der Waals surface area contributed by atoms with Gasteiger partial charge in [-0.1, -0.05) is 12.8 Å². The highest BCUT2D eigenvalue weighted by molar-refractivity contribution is 14.0. The molecule has 5 rings (SSSR count). The number of halogens is 1. The standard InChI is InChI=1S/C21H36N4OS.HI/c1-2-22-20(24-13-16-17(14-24)19-6-5-18(16)26-19)23-15-21(7-3-4-8-21)25-9-11-27-12-10-25;/h16-19H,2-15H2,1H3,(H,22,23);1H. The zero-order valence-electron chi connectivity index (χ0n) is 17.3. The van der Waals surface area contributed by atoms with E-state index in [-0.39, 0.29) is 24.0 Å². The normalized spacial score (nSPS) is 37.2. The lowest BCUT2D eigenvalue weighted by Gasteiger charge is -2.42. The van der Waals surface area contributed by atoms with Crippen molar-refractivity contribution < 1.29 is 4.74 Å². The van der Waals surface area contributed by atoms with Crippen molar-refractivity contribution in [1.29, 1.82) is 0 Å². The Kier molecular flexibility index (Phi) is 7.05. The molecular formula is C21H37IN4OS. The fraction of sp³-hybridized carbons (Fsp3) is 0.952. The van der Waals surface area contributed by atoms with Crippen LogP contribution in [0, 0.1) is 11.8 Å². The Bertz CT molecular complexity index is 547. The van der Waals surface area contributed by atoms with Crippen LogP contribution in [0.15, 0.2) is 4.99 Å². The minimum atomic E-state index is 0. The molecule has 4 atom stereocenters. The summed E-state index contributed by atoms with van der Waals surface area (Å²) in [5.74, 6) is 5.25. The summed E-state index contributed by atoms with van der Waals surface area (Å²) in [5.41, 5.74) is 0.333. The van der Waals surface area contributed by atoms with Crippen molar-refractivity contribution in [3.63, 3.8) is 0 Å². The molecule has 5 aliphatic rings. The minimum Gasteiger partial charge on any atom is -0.374 e. The third-order valence-electron chi connectivity index (χ3n) is 7.83. The summed E-state index contributed by atoms with van der Waals surface area (Å²) in [6, 6.07) is 0. The molecule has 7 heteroatoms. The molecule has 4 unspecified atom stereocenters. The first-order chi connectivity index (χ1) is 13.3. The number of nitrogens with zero attached hydrogens (tertiary/aromatic N) is 3. The maximum Gasteiger partial charge on any atom is 0.194 e. The van der Waals surface area contributed by atoms with Crippen LogP contribution < -0.4 is 5.32 Å². The van der Waals surface area contributed by atoms with Crippen LogP contribution in [0.4, 0.5) is 0 Å². The van der Waals surface area contributed by atoms with Gasteiger partial charge >= 0.3 is 0 Å². The first-order valence-electron chi connectivity index (χ1n) is 11.3. The van der Waals surface area contributed by atoms with Gasteiger partial charge in [0.15, 0.2) is 5.96 Å². The Hall–Kier alpha value is 0.270. The van der Waals surface area contributed by atoms with Gasteiger partial charge in [0.25, 0.3) is 0 Å². The number of ether oxygens (including phenoxy) is 1. The van der Waals surface area contributed by atoms with Gasteiger partial charge in [-0.15, -0.1) is 24.0 Å². The molecule has 0 amide bonds. The zero-order valence-corrected chi connectivity index (χ0v) is 20.4. The molecule has 0 spiro atoms. The van der Waals surface area contributed by atoms with E-state index in [1.807, 2.05) is 0 Å². The number of fused-ring (bicyclic) bond motifs is 5. The summed E-state index contributed by atoms with van der Waals surface area (Å²) in [6.45, 7) is 8.94. The second-order valence-electron chi connectivity index (χ2n) is 9.22. The highest BCUT2D eigenvalue weighted by Crippen LogP contribution is 2.47. The zero-order chi connectivity index (χ0) is 18.3. The van der Waals surface area contributed by atoms with Crippen molar-refractivity contribution in [1.82, 2.24) is 15.1 Å². The van der Waals surface area contributed by atoms with Crippen LogP contribution >= 0.6 is 35.7 Å². The average Bonchev–Trinajstić information content (AvgIpc) is 3.48. The molecule has 5 fully saturated rings. The first kappa shape index (κ1) is 21.5. The lowest BCUT2D eigenvalue weighted by Crippen LogP contribution is -2.53. The van der Waals surface area contributed by atoms with Gasteiger partial charge in [0.1, 0.15) is 0 Å². The van der Waals surface area contributed by atoms with Crippen molar-refractivity contribution in [2.75, 3.05) is 50.8 Å². The summed E-state index contributed by atoms with van der Waals surface area (Å²) >= 11 is 2.11. The number of thioether (sulfide) groups is 1. The molecule has 4 aliphatic heterocycles. The van der Waals surface area contributed by atoms with Gasteiger partial charge in [0, 0.05) is 61.6 Å². The smallest absolute Gasteiger partial charge is 0.194 e. The lowest BCUT2D eigenvalue weighted by molar-refractivity contribution is 0.0765. The molecule has 160 valence electrons. The number of aliphatic imine (C=N–C) groups is 1. The fourth-order valence-electron chi connectivity index (χ4n) is 6.43. The van der Waals surface area contributed by atoms with Gasteiger partial charge in [-0.05, 0) is 32.6 Å². The third kappa shape index (κ3) is 3.94. The van der Waals surface area contributed by atoms with Crippen LogP contribution in [0.3, 0.4) is 0 Å². The Labute approximate surface area is 191 Å². The minimum absolute atomic E-state index is 0. The number of hydrogen-bond acceptors (Lipinski definition) is 4. The lowest BCUT2D eigenvalue weighted by atomic mass is 9.82. The fourth-order valence-corrected chi connectivity index (χ4v) is 7.33. The molecule has 4 heterocycles. The number of nitrogens with one attached hydrogen (secondary N) is 1. The van der Waals surface area contributed by atoms with Gasteiger partial charge in [0.2, 0.25) is 0 Å². The summed E-state index contributed by atoms with van der Waals surface area (Å²) in [4.78, 5) is 10.6. The monoisotopic (exact) mass is 520 g/mol. The average molecular weight is 521 g/mol. The Morgan fingerprint density at radius 1 is 1.11 bits per heavy atom. The summed E-state index contributed by atoms with van der Waals surface area (Å²) in [5, 5.41) is 3.62. The second-order valence-corrected chi connectivity index (χ2v) is 10.4. The van der Waals surface area contributed by atoms with E-state index in [9.17, 15) is 0 Å². The molecule has 0 aromatic rings. The number of rotatable bonds is 4. The highest BCUT2D eigenvalue weighted by atomic mass is 127. The van der Waals surface area contributed by atoms with E-state index in [0.29, 0.717) is 17.7 Å². The molecule has 1 saturated carbocycles. The summed E-state index contributed by atoms with van der Waals surface area (Å²) < 4.78 is 6.17. The first-order valence-corrected chi connectivity index (χ1v) is 12.5. The van der Waals surface area contributed by atoms with Gasteiger partial charge in [-0.2, -0.15) is 11.8 Å². The van der Waals surface area contributed by atoms with Crippen molar-refractivity contribution in [2.24, 2.45) is 16.8 Å². The predicted molar refractivity (Wildman–Crippen MR) is 128 cm³/mol. The van der Waals surface area contributed by atoms with E-state index in [1.165, 1.54) is 69.1 Å².